The van der Waals surface area contributed by atoms with Gasteiger partial charge >= 0.3 is 0 Å². The number of oxime groups is 1. The molecule has 2 rings (SSSR count). The third-order valence-electron chi connectivity index (χ3n) is 3.31. The third-order valence-corrected chi connectivity index (χ3v) is 3.54. The van der Waals surface area contributed by atoms with Gasteiger partial charge in [-0.2, -0.15) is 0 Å². The van der Waals surface area contributed by atoms with Crippen molar-refractivity contribution in [2.75, 3.05) is 17.7 Å². The zero-order valence-corrected chi connectivity index (χ0v) is 15.3. The van der Waals surface area contributed by atoms with Crippen LogP contribution in [0.3, 0.4) is 0 Å². The molecule has 2 N–H and O–H groups in total. The van der Waals surface area contributed by atoms with Gasteiger partial charge in [-0.15, -0.1) is 0 Å². The highest BCUT2D eigenvalue weighted by atomic mass is 35.5. The number of benzene rings is 2. The molecule has 27 heavy (non-hydrogen) atoms. The maximum atomic E-state index is 13.5. The van der Waals surface area contributed by atoms with Crippen LogP contribution in [0.1, 0.15) is 6.92 Å². The van der Waals surface area contributed by atoms with E-state index in [0.717, 1.165) is 6.21 Å². The average Bonchev–Trinajstić information content (AvgIpc) is 2.63. The molecule has 0 aliphatic carbocycles. The third kappa shape index (κ3) is 5.96. The molecular formula is C18H17ClFN3O4. The predicted molar refractivity (Wildman–Crippen MR) is 101 cm³/mol. The van der Waals surface area contributed by atoms with Crippen molar-refractivity contribution in [3.8, 4) is 5.75 Å². The second-order valence-electron chi connectivity index (χ2n) is 5.29. The Hall–Kier alpha value is -3.13. The fraction of sp³-hybridized carbons (Fsp3) is 0.167. The highest BCUT2D eigenvalue weighted by molar-refractivity contribution is 6.33. The van der Waals surface area contributed by atoms with Crippen LogP contribution >= 0.6 is 11.6 Å². The lowest BCUT2D eigenvalue weighted by molar-refractivity contribution is -0.126. The average molecular weight is 394 g/mol. The van der Waals surface area contributed by atoms with Gasteiger partial charge in [-0.25, -0.2) is 4.39 Å². The molecule has 0 bridgehead atoms. The van der Waals surface area contributed by atoms with Crippen LogP contribution in [0.2, 0.25) is 5.02 Å². The first kappa shape index (κ1) is 20.2. The molecule has 7 nitrogen and oxygen atoms in total. The van der Waals surface area contributed by atoms with Gasteiger partial charge in [0, 0.05) is 5.02 Å². The Morgan fingerprint density at radius 3 is 2.63 bits per heavy atom. The van der Waals surface area contributed by atoms with Crippen LogP contribution in [-0.2, 0) is 14.4 Å². The number of carbonyl (C=O) groups excluding carboxylic acids is 2. The van der Waals surface area contributed by atoms with Gasteiger partial charge in [0.2, 0.25) is 6.10 Å². The maximum absolute atomic E-state index is 13.5. The van der Waals surface area contributed by atoms with E-state index < -0.39 is 23.7 Å². The molecule has 0 saturated heterocycles. The molecule has 142 valence electrons. The normalized spacial score (nSPS) is 11.7. The lowest BCUT2D eigenvalue weighted by Gasteiger charge is -2.11. The van der Waals surface area contributed by atoms with Gasteiger partial charge in [0.15, 0.2) is 0 Å². The van der Waals surface area contributed by atoms with Gasteiger partial charge in [-0.3, -0.25) is 9.59 Å². The van der Waals surface area contributed by atoms with E-state index in [-0.39, 0.29) is 5.69 Å². The van der Waals surface area contributed by atoms with Crippen molar-refractivity contribution in [2.45, 2.75) is 13.0 Å². The Labute approximate surface area is 160 Å². The summed E-state index contributed by atoms with van der Waals surface area (Å²) >= 11 is 5.88. The van der Waals surface area contributed by atoms with E-state index >= 15 is 0 Å². The number of anilines is 2. The van der Waals surface area contributed by atoms with Gasteiger partial charge in [0.25, 0.3) is 11.8 Å². The van der Waals surface area contributed by atoms with E-state index in [1.54, 1.807) is 18.2 Å². The lowest BCUT2D eigenvalue weighted by atomic mass is 10.3. The van der Waals surface area contributed by atoms with Gasteiger partial charge in [0.1, 0.15) is 17.8 Å². The fourth-order valence-electron chi connectivity index (χ4n) is 1.96. The van der Waals surface area contributed by atoms with Gasteiger partial charge in [-0.05, 0) is 37.3 Å². The minimum atomic E-state index is -1.05. The number of amides is 2. The van der Waals surface area contributed by atoms with Crippen LogP contribution in [0, 0.1) is 5.82 Å². The molecule has 0 heterocycles. The van der Waals surface area contributed by atoms with Crippen LogP contribution in [0.5, 0.6) is 5.75 Å². The van der Waals surface area contributed by atoms with E-state index in [0.29, 0.717) is 16.5 Å². The summed E-state index contributed by atoms with van der Waals surface area (Å²) in [4.78, 5) is 28.8. The molecule has 0 spiro atoms. The predicted octanol–water partition coefficient (Wildman–Crippen LogP) is 3.46. The van der Waals surface area contributed by atoms with E-state index in [1.807, 2.05) is 0 Å². The summed E-state index contributed by atoms with van der Waals surface area (Å²) in [5, 5.41) is 8.77. The fourth-order valence-corrected chi connectivity index (χ4v) is 2.13. The number of hydrogen-bond acceptors (Lipinski definition) is 5. The first-order valence-corrected chi connectivity index (χ1v) is 8.17. The van der Waals surface area contributed by atoms with Crippen LogP contribution in [0.4, 0.5) is 15.8 Å². The Balaban J connectivity index is 1.89. The van der Waals surface area contributed by atoms with Crippen molar-refractivity contribution in [3.05, 3.63) is 53.3 Å². The lowest BCUT2D eigenvalue weighted by Crippen LogP contribution is -2.27. The number of nitrogens with zero attached hydrogens (tertiary/aromatic N) is 1. The summed E-state index contributed by atoms with van der Waals surface area (Å²) in [6, 6.07) is 10.4. The van der Waals surface area contributed by atoms with Crippen molar-refractivity contribution in [1.82, 2.24) is 0 Å². The molecule has 2 aromatic rings. The molecule has 0 unspecified atom stereocenters. The maximum Gasteiger partial charge on any atom is 0.270 e. The summed E-state index contributed by atoms with van der Waals surface area (Å²) < 4.78 is 18.6. The largest absolute Gasteiger partial charge is 0.495 e. The number of halogens is 2. The minimum Gasteiger partial charge on any atom is -0.495 e. The number of rotatable bonds is 7. The van der Waals surface area contributed by atoms with Crippen LogP contribution in [-0.4, -0.2) is 31.2 Å². The van der Waals surface area contributed by atoms with Crippen molar-refractivity contribution in [1.29, 1.82) is 0 Å². The summed E-state index contributed by atoms with van der Waals surface area (Å²) in [6.07, 6.45) is -0.192. The number of ether oxygens (including phenoxy) is 1. The molecule has 0 aromatic heterocycles. The SMILES string of the molecule is COc1ccc(Cl)cc1NC(=O)/C=N\O[C@@H](C)C(=O)Nc1ccccc1F. The number of nitrogens with one attached hydrogen (secondary N) is 2. The van der Waals surface area contributed by atoms with Crippen molar-refractivity contribution >= 4 is 41.0 Å². The topological polar surface area (TPSA) is 89.0 Å². The number of hydrogen-bond donors (Lipinski definition) is 2. The van der Waals surface area contributed by atoms with E-state index in [9.17, 15) is 14.0 Å². The van der Waals surface area contributed by atoms with Crippen LogP contribution < -0.4 is 15.4 Å². The van der Waals surface area contributed by atoms with Crippen LogP contribution in [0.15, 0.2) is 47.6 Å². The molecular weight excluding hydrogens is 377 g/mol. The van der Waals surface area contributed by atoms with Gasteiger partial charge in [-0.1, -0.05) is 28.9 Å². The van der Waals surface area contributed by atoms with E-state index in [4.69, 9.17) is 21.2 Å². The molecule has 0 radical (unpaired) electrons. The molecule has 0 aliphatic rings. The number of carbonyl (C=O) groups is 2. The van der Waals surface area contributed by atoms with Crippen molar-refractivity contribution in [2.24, 2.45) is 5.16 Å². The van der Waals surface area contributed by atoms with Gasteiger partial charge < -0.3 is 20.2 Å². The first-order chi connectivity index (χ1) is 12.9. The molecule has 1 atom stereocenters. The summed E-state index contributed by atoms with van der Waals surface area (Å²) in [5.41, 5.74) is 0.375. The quantitative estimate of drug-likeness (QED) is 0.557. The smallest absolute Gasteiger partial charge is 0.270 e. The van der Waals surface area contributed by atoms with E-state index in [1.165, 1.54) is 38.3 Å². The monoisotopic (exact) mass is 393 g/mol. The molecule has 2 aromatic carbocycles. The zero-order chi connectivity index (χ0) is 19.8. The highest BCUT2D eigenvalue weighted by Crippen LogP contribution is 2.27. The Kier molecular flexibility index (Phi) is 7.13. The second kappa shape index (κ2) is 9.54. The number of para-hydroxylation sites is 1. The highest BCUT2D eigenvalue weighted by Gasteiger charge is 2.16. The number of methoxy groups -OCH3 is 1. The Bertz CT molecular complexity index is 860. The van der Waals surface area contributed by atoms with Gasteiger partial charge in [0.05, 0.1) is 18.5 Å². The van der Waals surface area contributed by atoms with E-state index in [2.05, 4.69) is 15.8 Å². The Morgan fingerprint density at radius 2 is 1.93 bits per heavy atom. The molecule has 0 fully saturated rings. The summed E-state index contributed by atoms with van der Waals surface area (Å²) in [5.74, 6) is -1.39. The minimum absolute atomic E-state index is 0.0210. The summed E-state index contributed by atoms with van der Waals surface area (Å²) in [6.45, 7) is 1.41. The molecule has 9 heteroatoms. The summed E-state index contributed by atoms with van der Waals surface area (Å²) in [7, 11) is 1.45. The second-order valence-corrected chi connectivity index (χ2v) is 5.72. The van der Waals surface area contributed by atoms with Crippen molar-refractivity contribution < 1.29 is 23.6 Å². The first-order valence-electron chi connectivity index (χ1n) is 7.80. The van der Waals surface area contributed by atoms with Crippen LogP contribution in [0.25, 0.3) is 0 Å². The van der Waals surface area contributed by atoms with Crippen molar-refractivity contribution in [3.63, 3.8) is 0 Å². The zero-order valence-electron chi connectivity index (χ0n) is 14.5. The molecule has 0 saturated carbocycles. The Morgan fingerprint density at radius 1 is 1.19 bits per heavy atom. The molecule has 2 amide bonds. The molecule has 0 aliphatic heterocycles. The standard InChI is InChI=1S/C18H17ClFN3O4/c1-11(18(25)23-14-6-4-3-5-13(14)20)27-21-10-17(24)22-15-9-12(19)7-8-16(15)26-2/h3-11H,1-2H3,(H,22,24)(H,23,25)/b21-10-/t11-/m0/s1.